The highest BCUT2D eigenvalue weighted by atomic mass is 16.3. The first-order valence-electron chi connectivity index (χ1n) is 12.1. The van der Waals surface area contributed by atoms with Crippen LogP contribution in [-0.2, 0) is 10.8 Å². The van der Waals surface area contributed by atoms with E-state index in [0.717, 1.165) is 47.8 Å². The first-order chi connectivity index (χ1) is 15.9. The van der Waals surface area contributed by atoms with Gasteiger partial charge in [-0.3, -0.25) is 0 Å². The van der Waals surface area contributed by atoms with Crippen molar-refractivity contribution in [1.82, 2.24) is 15.0 Å². The highest BCUT2D eigenvalue weighted by Gasteiger charge is 2.34. The molecule has 33 heavy (non-hydrogen) atoms. The molecule has 0 aliphatic rings. The Bertz CT molecular complexity index is 1200. The molecule has 0 aliphatic heterocycles. The van der Waals surface area contributed by atoms with E-state index in [9.17, 15) is 5.11 Å². The summed E-state index contributed by atoms with van der Waals surface area (Å²) in [7, 11) is 0. The van der Waals surface area contributed by atoms with E-state index < -0.39 is 0 Å². The maximum Gasteiger partial charge on any atom is 0.147 e. The van der Waals surface area contributed by atoms with Crippen molar-refractivity contribution in [2.24, 2.45) is 0 Å². The van der Waals surface area contributed by atoms with Gasteiger partial charge in [0.25, 0.3) is 0 Å². The van der Waals surface area contributed by atoms with Crippen LogP contribution in [0.1, 0.15) is 77.0 Å². The van der Waals surface area contributed by atoms with Crippen molar-refractivity contribution >= 4 is 11.0 Å². The molecule has 0 radical (unpaired) electrons. The summed E-state index contributed by atoms with van der Waals surface area (Å²) in [6.45, 7) is 11.1. The first-order valence-corrected chi connectivity index (χ1v) is 12.1. The number of hydrogen-bond acceptors (Lipinski definition) is 3. The highest BCUT2D eigenvalue weighted by Crippen LogP contribution is 2.45. The van der Waals surface area contributed by atoms with Crippen LogP contribution < -0.4 is 0 Å². The molecule has 4 aromatic rings. The minimum absolute atomic E-state index is 0.0469. The van der Waals surface area contributed by atoms with Gasteiger partial charge in [0.05, 0.1) is 0 Å². The number of hydrogen-bond donors (Lipinski definition) is 1. The summed E-state index contributed by atoms with van der Waals surface area (Å²) >= 11 is 0. The second-order valence-corrected chi connectivity index (χ2v) is 9.60. The smallest absolute Gasteiger partial charge is 0.147 e. The molecular formula is C29H35N3O. The van der Waals surface area contributed by atoms with Crippen molar-refractivity contribution in [2.45, 2.75) is 71.1 Å². The summed E-state index contributed by atoms with van der Waals surface area (Å²) in [6, 6.07) is 22.6. The Morgan fingerprint density at radius 3 is 1.91 bits per heavy atom. The van der Waals surface area contributed by atoms with Gasteiger partial charge >= 0.3 is 0 Å². The summed E-state index contributed by atoms with van der Waals surface area (Å²) in [5.74, 6) is 0.241. The fraction of sp³-hybridized carbons (Fsp3) is 0.379. The van der Waals surface area contributed by atoms with E-state index in [1.165, 1.54) is 5.56 Å². The van der Waals surface area contributed by atoms with Gasteiger partial charge in [-0.25, -0.2) is 0 Å². The molecular weight excluding hydrogens is 406 g/mol. The van der Waals surface area contributed by atoms with E-state index in [-0.39, 0.29) is 16.6 Å². The number of rotatable bonds is 8. The molecule has 172 valence electrons. The lowest BCUT2D eigenvalue weighted by Crippen LogP contribution is -2.27. The third-order valence-corrected chi connectivity index (χ3v) is 7.46. The van der Waals surface area contributed by atoms with Gasteiger partial charge in [-0.15, -0.1) is 15.0 Å². The molecule has 0 spiro atoms. The lowest BCUT2D eigenvalue weighted by molar-refractivity contribution is 0.359. The molecule has 0 unspecified atom stereocenters. The molecule has 0 saturated heterocycles. The van der Waals surface area contributed by atoms with Crippen LogP contribution in [-0.4, -0.2) is 20.1 Å². The Labute approximate surface area is 197 Å². The Morgan fingerprint density at radius 1 is 0.788 bits per heavy atom. The van der Waals surface area contributed by atoms with Crippen LogP contribution in [0.3, 0.4) is 0 Å². The average molecular weight is 442 g/mol. The maximum absolute atomic E-state index is 11.6. The third-order valence-electron chi connectivity index (χ3n) is 7.46. The molecule has 0 saturated carbocycles. The monoisotopic (exact) mass is 441 g/mol. The summed E-state index contributed by atoms with van der Waals surface area (Å²) < 4.78 is 0. The third kappa shape index (κ3) is 4.03. The van der Waals surface area contributed by atoms with Crippen molar-refractivity contribution in [3.63, 3.8) is 0 Å². The maximum atomic E-state index is 11.6. The molecule has 4 nitrogen and oxygen atoms in total. The molecule has 0 bridgehead atoms. The Balaban J connectivity index is 2.01. The van der Waals surface area contributed by atoms with Gasteiger partial charge in [0, 0.05) is 11.0 Å². The van der Waals surface area contributed by atoms with E-state index in [2.05, 4.69) is 71.0 Å². The molecule has 0 atom stereocenters. The van der Waals surface area contributed by atoms with Crippen LogP contribution in [0.15, 0.2) is 66.7 Å². The van der Waals surface area contributed by atoms with Gasteiger partial charge in [0.2, 0.25) is 0 Å². The van der Waals surface area contributed by atoms with Crippen LogP contribution in [0, 0.1) is 0 Å². The topological polar surface area (TPSA) is 50.9 Å². The summed E-state index contributed by atoms with van der Waals surface area (Å²) in [4.78, 5) is 1.61. The molecule has 0 aliphatic carbocycles. The van der Waals surface area contributed by atoms with Crippen molar-refractivity contribution in [3.05, 3.63) is 83.4 Å². The second-order valence-electron chi connectivity index (χ2n) is 9.60. The fourth-order valence-corrected chi connectivity index (χ4v) is 5.17. The minimum Gasteiger partial charge on any atom is -0.505 e. The van der Waals surface area contributed by atoms with Crippen molar-refractivity contribution in [1.29, 1.82) is 0 Å². The molecule has 0 amide bonds. The van der Waals surface area contributed by atoms with Crippen LogP contribution >= 0.6 is 0 Å². The van der Waals surface area contributed by atoms with Gasteiger partial charge in [-0.1, -0.05) is 89.6 Å². The predicted molar refractivity (Wildman–Crippen MR) is 136 cm³/mol. The number of benzene rings is 3. The second kappa shape index (κ2) is 9.01. The zero-order valence-corrected chi connectivity index (χ0v) is 20.5. The predicted octanol–water partition coefficient (Wildman–Crippen LogP) is 7.31. The molecule has 1 N–H and O–H groups in total. The number of aromatic nitrogens is 3. The zero-order valence-electron chi connectivity index (χ0n) is 20.5. The molecule has 0 fully saturated rings. The Kier molecular flexibility index (Phi) is 6.29. The van der Waals surface area contributed by atoms with Gasteiger partial charge < -0.3 is 5.11 Å². The van der Waals surface area contributed by atoms with Crippen molar-refractivity contribution in [2.75, 3.05) is 0 Å². The Morgan fingerprint density at radius 2 is 1.36 bits per heavy atom. The molecule has 4 heteroatoms. The van der Waals surface area contributed by atoms with Gasteiger partial charge in [-0.2, -0.15) is 0 Å². The zero-order chi connectivity index (χ0) is 23.6. The van der Waals surface area contributed by atoms with Crippen molar-refractivity contribution < 1.29 is 5.11 Å². The van der Waals surface area contributed by atoms with Crippen LogP contribution in [0.5, 0.6) is 5.75 Å². The van der Waals surface area contributed by atoms with E-state index in [0.29, 0.717) is 5.69 Å². The summed E-state index contributed by atoms with van der Waals surface area (Å²) in [6.07, 6.45) is 4.30. The van der Waals surface area contributed by atoms with Crippen LogP contribution in [0.25, 0.3) is 16.7 Å². The highest BCUT2D eigenvalue weighted by molar-refractivity contribution is 5.74. The van der Waals surface area contributed by atoms with Gasteiger partial charge in [0.1, 0.15) is 22.5 Å². The lowest BCUT2D eigenvalue weighted by Gasteiger charge is -2.35. The number of fused-ring (bicyclic) bond motifs is 1. The van der Waals surface area contributed by atoms with Gasteiger partial charge in [-0.05, 0) is 54.0 Å². The van der Waals surface area contributed by atoms with E-state index in [4.69, 9.17) is 10.2 Å². The Hall–Kier alpha value is -3.14. The molecule has 3 aromatic carbocycles. The van der Waals surface area contributed by atoms with Crippen molar-refractivity contribution in [3.8, 4) is 11.4 Å². The van der Waals surface area contributed by atoms with Crippen LogP contribution in [0.2, 0.25) is 0 Å². The SMILES string of the molecule is CCCC(CC)(CC)c1cc(-n2nc3ccccc3n2)c(O)c(C(C)(C)c2ccccc2)c1. The van der Waals surface area contributed by atoms with Gasteiger partial charge in [0.15, 0.2) is 0 Å². The number of nitrogens with zero attached hydrogens (tertiary/aromatic N) is 3. The summed E-state index contributed by atoms with van der Waals surface area (Å²) in [5, 5.41) is 21.0. The largest absolute Gasteiger partial charge is 0.505 e. The van der Waals surface area contributed by atoms with Crippen LogP contribution in [0.4, 0.5) is 0 Å². The molecule has 1 aromatic heterocycles. The fourth-order valence-electron chi connectivity index (χ4n) is 5.17. The number of aromatic hydroxyl groups is 1. The normalized spacial score (nSPS) is 12.4. The summed E-state index contributed by atoms with van der Waals surface area (Å²) in [5.41, 5.74) is 5.26. The molecule has 1 heterocycles. The lowest BCUT2D eigenvalue weighted by atomic mass is 9.69. The number of phenols is 1. The minimum atomic E-state index is -0.387. The number of phenolic OH excluding ortho intramolecular Hbond substituents is 1. The standard InChI is InChI=1S/C29H35N3O/c1-6-18-29(7-2,8-3)22-19-23(28(4,5)21-14-10-9-11-15-21)27(33)26(20-22)32-30-24-16-12-13-17-25(24)31-32/h9-17,19-20,33H,6-8,18H2,1-5H3. The van der Waals surface area contributed by atoms with E-state index in [1.54, 1.807) is 4.80 Å². The van der Waals surface area contributed by atoms with E-state index >= 15 is 0 Å². The average Bonchev–Trinajstić information content (AvgIpc) is 3.27. The molecule has 4 rings (SSSR count). The quantitative estimate of drug-likeness (QED) is 0.312. The first kappa shape index (κ1) is 23.0. The van der Waals surface area contributed by atoms with E-state index in [1.807, 2.05) is 30.3 Å².